The third-order valence-corrected chi connectivity index (χ3v) is 5.88. The zero-order valence-electron chi connectivity index (χ0n) is 11.1. The molecule has 1 nitrogen and oxygen atoms in total. The summed E-state index contributed by atoms with van der Waals surface area (Å²) >= 11 is 4.37. The molecule has 0 radical (unpaired) electrons. The monoisotopic (exact) mass is 383 g/mol. The van der Waals surface area contributed by atoms with Gasteiger partial charge in [-0.3, -0.25) is 0 Å². The molecule has 2 aromatic rings. The first-order chi connectivity index (χ1) is 9.26. The summed E-state index contributed by atoms with van der Waals surface area (Å²) < 4.78 is 1.30. The van der Waals surface area contributed by atoms with Gasteiger partial charge in [-0.15, -0.1) is 11.3 Å². The molecule has 19 heavy (non-hydrogen) atoms. The Balaban J connectivity index is 1.78. The summed E-state index contributed by atoms with van der Waals surface area (Å²) in [6.45, 7) is 0. The van der Waals surface area contributed by atoms with Crippen LogP contribution in [0.4, 0.5) is 0 Å². The quantitative estimate of drug-likeness (QED) is 0.775. The van der Waals surface area contributed by atoms with Crippen molar-refractivity contribution in [3.8, 4) is 0 Å². The SMILES string of the molecule is CNC(Cc1ccc(I)cc1)c1cc2c(s1)CCC2. The highest BCUT2D eigenvalue weighted by atomic mass is 127. The Kier molecular flexibility index (Phi) is 4.24. The number of hydrogen-bond donors (Lipinski definition) is 1. The van der Waals surface area contributed by atoms with Gasteiger partial charge in [0.15, 0.2) is 0 Å². The van der Waals surface area contributed by atoms with Crippen LogP contribution in [-0.4, -0.2) is 7.05 Å². The van der Waals surface area contributed by atoms with Crippen LogP contribution in [-0.2, 0) is 19.3 Å². The summed E-state index contributed by atoms with van der Waals surface area (Å²) in [5, 5.41) is 3.48. The van der Waals surface area contributed by atoms with E-state index in [1.807, 2.05) is 11.3 Å². The largest absolute Gasteiger partial charge is 0.312 e. The maximum absolute atomic E-state index is 3.48. The summed E-state index contributed by atoms with van der Waals surface area (Å²) in [6.07, 6.45) is 5.00. The highest BCUT2D eigenvalue weighted by Crippen LogP contribution is 2.34. The molecule has 3 rings (SSSR count). The van der Waals surface area contributed by atoms with Crippen molar-refractivity contribution in [2.45, 2.75) is 31.7 Å². The number of fused-ring (bicyclic) bond motifs is 1. The van der Waals surface area contributed by atoms with Crippen LogP contribution in [0.25, 0.3) is 0 Å². The summed E-state index contributed by atoms with van der Waals surface area (Å²) in [6, 6.07) is 11.8. The fourth-order valence-electron chi connectivity index (χ4n) is 2.72. The second-order valence-corrected chi connectivity index (χ2v) is 7.54. The van der Waals surface area contributed by atoms with E-state index in [1.54, 1.807) is 10.4 Å². The minimum absolute atomic E-state index is 0.454. The van der Waals surface area contributed by atoms with Gasteiger partial charge in [-0.05, 0) is 84.6 Å². The van der Waals surface area contributed by atoms with Gasteiger partial charge in [-0.2, -0.15) is 0 Å². The molecule has 0 fully saturated rings. The topological polar surface area (TPSA) is 12.0 Å². The van der Waals surface area contributed by atoms with E-state index < -0.39 is 0 Å². The molecule has 0 amide bonds. The number of aryl methyl sites for hydroxylation is 2. The van der Waals surface area contributed by atoms with E-state index >= 15 is 0 Å². The average Bonchev–Trinajstić information content (AvgIpc) is 2.99. The molecule has 1 aromatic carbocycles. The number of hydrogen-bond acceptors (Lipinski definition) is 2. The zero-order chi connectivity index (χ0) is 13.2. The van der Waals surface area contributed by atoms with Gasteiger partial charge in [0.05, 0.1) is 0 Å². The van der Waals surface area contributed by atoms with Gasteiger partial charge in [-0.1, -0.05) is 12.1 Å². The zero-order valence-corrected chi connectivity index (χ0v) is 14.1. The normalized spacial score (nSPS) is 15.5. The lowest BCUT2D eigenvalue weighted by Gasteiger charge is -2.15. The molecule has 0 bridgehead atoms. The third kappa shape index (κ3) is 3.03. The van der Waals surface area contributed by atoms with Crippen LogP contribution >= 0.6 is 33.9 Å². The Morgan fingerprint density at radius 2 is 2.05 bits per heavy atom. The van der Waals surface area contributed by atoms with Crippen LogP contribution in [0.1, 0.15) is 33.3 Å². The highest BCUT2D eigenvalue weighted by molar-refractivity contribution is 14.1. The summed E-state index contributed by atoms with van der Waals surface area (Å²) in [5.74, 6) is 0. The molecule has 1 aromatic heterocycles. The molecule has 1 unspecified atom stereocenters. The molecule has 1 aliphatic carbocycles. The maximum Gasteiger partial charge on any atom is 0.0453 e. The van der Waals surface area contributed by atoms with Gasteiger partial charge in [-0.25, -0.2) is 0 Å². The maximum atomic E-state index is 3.48. The van der Waals surface area contributed by atoms with Gasteiger partial charge in [0.1, 0.15) is 0 Å². The number of rotatable bonds is 4. The molecule has 0 saturated heterocycles. The number of likely N-dealkylation sites (N-methyl/N-ethyl adjacent to an activating group) is 1. The van der Waals surface area contributed by atoms with E-state index in [9.17, 15) is 0 Å². The van der Waals surface area contributed by atoms with E-state index in [-0.39, 0.29) is 0 Å². The van der Waals surface area contributed by atoms with Crippen LogP contribution in [0, 0.1) is 3.57 Å². The molecule has 1 N–H and O–H groups in total. The number of halogens is 1. The van der Waals surface area contributed by atoms with Crippen LogP contribution in [0.2, 0.25) is 0 Å². The summed E-state index contributed by atoms with van der Waals surface area (Å²) in [4.78, 5) is 3.13. The Bertz CT molecular complexity index is 537. The molecule has 1 atom stereocenters. The van der Waals surface area contributed by atoms with Crippen molar-refractivity contribution in [1.82, 2.24) is 5.32 Å². The third-order valence-electron chi connectivity index (χ3n) is 3.81. The minimum Gasteiger partial charge on any atom is -0.312 e. The number of thiophene rings is 1. The van der Waals surface area contributed by atoms with Gasteiger partial charge in [0.25, 0.3) is 0 Å². The minimum atomic E-state index is 0.454. The smallest absolute Gasteiger partial charge is 0.0453 e. The number of benzene rings is 1. The molecule has 3 heteroatoms. The van der Waals surface area contributed by atoms with Gasteiger partial charge in [0, 0.05) is 19.4 Å². The van der Waals surface area contributed by atoms with Crippen molar-refractivity contribution in [2.75, 3.05) is 7.05 Å². The van der Waals surface area contributed by atoms with Crippen molar-refractivity contribution in [3.63, 3.8) is 0 Å². The average molecular weight is 383 g/mol. The lowest BCUT2D eigenvalue weighted by Crippen LogP contribution is -2.17. The Hall–Kier alpha value is -0.390. The number of nitrogens with one attached hydrogen (secondary N) is 1. The molecule has 0 spiro atoms. The van der Waals surface area contributed by atoms with Crippen molar-refractivity contribution in [1.29, 1.82) is 0 Å². The molecular formula is C16H18INS. The fraction of sp³-hybridized carbons (Fsp3) is 0.375. The first kappa shape index (κ1) is 13.6. The lowest BCUT2D eigenvalue weighted by atomic mass is 10.0. The van der Waals surface area contributed by atoms with Crippen LogP contribution in [0.3, 0.4) is 0 Å². The van der Waals surface area contributed by atoms with Crippen LogP contribution < -0.4 is 5.32 Å². The second-order valence-electron chi connectivity index (χ2n) is 5.12. The van der Waals surface area contributed by atoms with Gasteiger partial charge in [0.2, 0.25) is 0 Å². The van der Waals surface area contributed by atoms with E-state index in [1.165, 1.54) is 33.3 Å². The van der Waals surface area contributed by atoms with E-state index in [2.05, 4.69) is 65.3 Å². The van der Waals surface area contributed by atoms with Crippen molar-refractivity contribution in [3.05, 3.63) is 54.8 Å². The van der Waals surface area contributed by atoms with Crippen molar-refractivity contribution < 1.29 is 0 Å². The van der Waals surface area contributed by atoms with Crippen LogP contribution in [0.5, 0.6) is 0 Å². The molecule has 0 aliphatic heterocycles. The Labute approximate surface area is 132 Å². The second kappa shape index (κ2) is 5.94. The van der Waals surface area contributed by atoms with Gasteiger partial charge >= 0.3 is 0 Å². The summed E-state index contributed by atoms with van der Waals surface area (Å²) in [7, 11) is 2.07. The standard InChI is InChI=1S/C16H18INS/c1-18-14(9-11-5-7-13(17)8-6-11)16-10-12-3-2-4-15(12)19-16/h5-8,10,14,18H,2-4,9H2,1H3. The molecule has 100 valence electrons. The van der Waals surface area contributed by atoms with Crippen molar-refractivity contribution >= 4 is 33.9 Å². The van der Waals surface area contributed by atoms with Crippen molar-refractivity contribution in [2.24, 2.45) is 0 Å². The predicted octanol–water partition coefficient (Wildman–Crippen LogP) is 4.34. The van der Waals surface area contributed by atoms with Gasteiger partial charge < -0.3 is 5.32 Å². The Morgan fingerprint density at radius 1 is 1.26 bits per heavy atom. The van der Waals surface area contributed by atoms with E-state index in [4.69, 9.17) is 0 Å². The molecule has 1 heterocycles. The van der Waals surface area contributed by atoms with E-state index in [0.29, 0.717) is 6.04 Å². The lowest BCUT2D eigenvalue weighted by molar-refractivity contribution is 0.601. The van der Waals surface area contributed by atoms with E-state index in [0.717, 1.165) is 6.42 Å². The van der Waals surface area contributed by atoms with Crippen LogP contribution in [0.15, 0.2) is 30.3 Å². The molecular weight excluding hydrogens is 365 g/mol. The first-order valence-corrected chi connectivity index (χ1v) is 8.69. The summed E-state index contributed by atoms with van der Waals surface area (Å²) in [5.41, 5.74) is 3.01. The fourth-order valence-corrected chi connectivity index (χ4v) is 4.45. The first-order valence-electron chi connectivity index (χ1n) is 6.79. The Morgan fingerprint density at radius 3 is 2.74 bits per heavy atom. The molecule has 1 aliphatic rings. The molecule has 0 saturated carbocycles. The predicted molar refractivity (Wildman–Crippen MR) is 91.0 cm³/mol. The highest BCUT2D eigenvalue weighted by Gasteiger charge is 2.19.